The standard InChI is InChI=1S/C24H30BrF2N3O4/c25-18-4-1-15(13-28-18)29-21(31)19-16-2-3-17(23(16)5-6-23)20(19)22(32)34-12-11-33-10-9-30-8-7-24(26,27)14-30/h1,4,13,16-17,19-20H,2-3,5-12,14H2,(H,29,31)/t16-,17+,19+,20+/m0/s1. The Morgan fingerprint density at radius 3 is 2.53 bits per heavy atom. The molecule has 2 bridgehead atoms. The fourth-order valence-electron chi connectivity index (χ4n) is 6.59. The van der Waals surface area contributed by atoms with Crippen LogP contribution in [0.5, 0.6) is 0 Å². The van der Waals surface area contributed by atoms with Gasteiger partial charge in [0.2, 0.25) is 5.91 Å². The molecule has 1 aromatic rings. The molecule has 1 amide bonds. The fraction of sp³-hybridized carbons (Fsp3) is 0.708. The molecule has 5 rings (SSSR count). The van der Waals surface area contributed by atoms with E-state index in [1.807, 2.05) is 0 Å². The summed E-state index contributed by atoms with van der Waals surface area (Å²) in [4.78, 5) is 32.2. The quantitative estimate of drug-likeness (QED) is 0.291. The third kappa shape index (κ3) is 4.73. The topological polar surface area (TPSA) is 80.8 Å². The van der Waals surface area contributed by atoms with Crippen LogP contribution in [0.1, 0.15) is 32.1 Å². The average Bonchev–Trinajstić information content (AvgIpc) is 3.34. The Hall–Kier alpha value is -1.65. The number of carbonyl (C=O) groups is 2. The number of aromatic nitrogens is 1. The molecule has 34 heavy (non-hydrogen) atoms. The molecule has 186 valence electrons. The van der Waals surface area contributed by atoms with Gasteiger partial charge in [0.15, 0.2) is 0 Å². The van der Waals surface area contributed by atoms with Crippen molar-refractivity contribution < 1.29 is 27.8 Å². The maximum atomic E-state index is 13.3. The summed E-state index contributed by atoms with van der Waals surface area (Å²) >= 11 is 3.29. The first kappa shape index (κ1) is 24.1. The van der Waals surface area contributed by atoms with Crippen molar-refractivity contribution >= 4 is 33.5 Å². The maximum Gasteiger partial charge on any atom is 0.310 e. The van der Waals surface area contributed by atoms with Crippen LogP contribution >= 0.6 is 15.9 Å². The van der Waals surface area contributed by atoms with Gasteiger partial charge in [-0.05, 0) is 71.0 Å². The Morgan fingerprint density at radius 2 is 1.88 bits per heavy atom. The Bertz CT molecular complexity index is 927. The summed E-state index contributed by atoms with van der Waals surface area (Å²) in [6.07, 6.45) is 5.58. The van der Waals surface area contributed by atoms with Crippen LogP contribution in [0.25, 0.3) is 0 Å². The van der Waals surface area contributed by atoms with Crippen molar-refractivity contribution in [2.75, 3.05) is 44.8 Å². The predicted octanol–water partition coefficient (Wildman–Crippen LogP) is 3.74. The SMILES string of the molecule is O=C(OCCOCCN1CCC(F)(F)C1)[C@H]1[C@H](C(=O)Nc2ccc(Br)nc2)[C@@H]2CC[C@H]1C21CC1. The highest BCUT2D eigenvalue weighted by Gasteiger charge is 2.72. The third-order valence-electron chi connectivity index (χ3n) is 8.19. The highest BCUT2D eigenvalue weighted by atomic mass is 79.9. The molecule has 0 unspecified atom stereocenters. The second kappa shape index (κ2) is 9.43. The monoisotopic (exact) mass is 541 g/mol. The molecular weight excluding hydrogens is 512 g/mol. The molecule has 3 aliphatic carbocycles. The number of ether oxygens (including phenoxy) is 2. The molecule has 1 saturated heterocycles. The van der Waals surface area contributed by atoms with Crippen LogP contribution in [0.2, 0.25) is 0 Å². The van der Waals surface area contributed by atoms with Crippen LogP contribution < -0.4 is 5.32 Å². The number of halogens is 3. The lowest BCUT2D eigenvalue weighted by atomic mass is 9.78. The number of pyridine rings is 1. The molecule has 4 fully saturated rings. The van der Waals surface area contributed by atoms with E-state index in [2.05, 4.69) is 26.2 Å². The minimum Gasteiger partial charge on any atom is -0.463 e. The van der Waals surface area contributed by atoms with Crippen molar-refractivity contribution in [2.45, 2.75) is 38.0 Å². The Morgan fingerprint density at radius 1 is 1.12 bits per heavy atom. The number of esters is 1. The second-order valence-electron chi connectivity index (χ2n) is 10.1. The zero-order chi connectivity index (χ0) is 23.9. The predicted molar refractivity (Wildman–Crippen MR) is 123 cm³/mol. The lowest BCUT2D eigenvalue weighted by molar-refractivity contribution is -0.156. The highest BCUT2D eigenvalue weighted by Crippen LogP contribution is 2.74. The Labute approximate surface area is 206 Å². The van der Waals surface area contributed by atoms with Crippen LogP contribution in [0, 0.1) is 29.1 Å². The van der Waals surface area contributed by atoms with Gasteiger partial charge in [0.05, 0.1) is 43.5 Å². The summed E-state index contributed by atoms with van der Waals surface area (Å²) in [5.41, 5.74) is 0.731. The molecular formula is C24H30BrF2N3O4. The summed E-state index contributed by atoms with van der Waals surface area (Å²) in [5, 5.41) is 2.95. The van der Waals surface area contributed by atoms with E-state index in [9.17, 15) is 18.4 Å². The normalized spacial score (nSPS) is 30.6. The van der Waals surface area contributed by atoms with Gasteiger partial charge in [-0.25, -0.2) is 13.8 Å². The van der Waals surface area contributed by atoms with E-state index in [1.54, 1.807) is 23.2 Å². The number of carbonyl (C=O) groups excluding carboxylic acids is 2. The van der Waals surface area contributed by atoms with E-state index in [0.717, 1.165) is 25.7 Å². The fourth-order valence-corrected chi connectivity index (χ4v) is 6.83. The van der Waals surface area contributed by atoms with Crippen molar-refractivity contribution in [3.05, 3.63) is 22.9 Å². The van der Waals surface area contributed by atoms with Crippen LogP contribution in [-0.2, 0) is 19.1 Å². The molecule has 1 aliphatic heterocycles. The Balaban J connectivity index is 1.13. The van der Waals surface area contributed by atoms with Crippen LogP contribution in [0.3, 0.4) is 0 Å². The van der Waals surface area contributed by atoms with Crippen LogP contribution in [0.4, 0.5) is 14.5 Å². The number of hydrogen-bond donors (Lipinski definition) is 1. The smallest absolute Gasteiger partial charge is 0.310 e. The van der Waals surface area contributed by atoms with Gasteiger partial charge in [-0.3, -0.25) is 14.5 Å². The van der Waals surface area contributed by atoms with Crippen molar-refractivity contribution in [3.63, 3.8) is 0 Å². The number of likely N-dealkylation sites (tertiary alicyclic amines) is 1. The van der Waals surface area contributed by atoms with Crippen molar-refractivity contribution in [2.24, 2.45) is 29.1 Å². The zero-order valence-electron chi connectivity index (χ0n) is 19.0. The number of alkyl halides is 2. The Kier molecular flexibility index (Phi) is 6.67. The van der Waals surface area contributed by atoms with Crippen molar-refractivity contribution in [1.82, 2.24) is 9.88 Å². The lowest BCUT2D eigenvalue weighted by Crippen LogP contribution is -2.39. The maximum absolute atomic E-state index is 13.3. The molecule has 4 atom stereocenters. The van der Waals surface area contributed by atoms with Gasteiger partial charge in [-0.15, -0.1) is 0 Å². The minimum absolute atomic E-state index is 0.0981. The summed E-state index contributed by atoms with van der Waals surface area (Å²) in [6, 6.07) is 3.54. The van der Waals surface area contributed by atoms with Gasteiger partial charge >= 0.3 is 5.97 Å². The molecule has 1 spiro atoms. The number of nitrogens with zero attached hydrogens (tertiary/aromatic N) is 2. The molecule has 1 N–H and O–H groups in total. The van der Waals surface area contributed by atoms with Crippen LogP contribution in [0.15, 0.2) is 22.9 Å². The number of rotatable bonds is 9. The van der Waals surface area contributed by atoms with Gasteiger partial charge < -0.3 is 14.8 Å². The zero-order valence-corrected chi connectivity index (χ0v) is 20.6. The molecule has 0 radical (unpaired) electrons. The molecule has 3 saturated carbocycles. The molecule has 7 nitrogen and oxygen atoms in total. The first-order valence-corrected chi connectivity index (χ1v) is 12.9. The lowest BCUT2D eigenvalue weighted by Gasteiger charge is -2.28. The molecule has 10 heteroatoms. The number of nitrogens with one attached hydrogen (secondary N) is 1. The van der Waals surface area contributed by atoms with Gasteiger partial charge in [0.25, 0.3) is 5.92 Å². The molecule has 0 aromatic carbocycles. The van der Waals surface area contributed by atoms with E-state index >= 15 is 0 Å². The number of anilines is 1. The second-order valence-corrected chi connectivity index (χ2v) is 10.9. The highest BCUT2D eigenvalue weighted by molar-refractivity contribution is 9.10. The van der Waals surface area contributed by atoms with Gasteiger partial charge in [-0.2, -0.15) is 0 Å². The summed E-state index contributed by atoms with van der Waals surface area (Å²) in [6.45, 7) is 1.21. The van der Waals surface area contributed by atoms with Crippen molar-refractivity contribution in [1.29, 1.82) is 0 Å². The summed E-state index contributed by atoms with van der Waals surface area (Å²) in [7, 11) is 0. The molecule has 4 aliphatic rings. The number of amides is 1. The summed E-state index contributed by atoms with van der Waals surface area (Å²) < 4.78 is 38.2. The number of hydrogen-bond acceptors (Lipinski definition) is 6. The molecule has 1 aromatic heterocycles. The van der Waals surface area contributed by atoms with Gasteiger partial charge in [0, 0.05) is 19.5 Å². The van der Waals surface area contributed by atoms with E-state index in [4.69, 9.17) is 9.47 Å². The first-order valence-electron chi connectivity index (χ1n) is 12.1. The van der Waals surface area contributed by atoms with Gasteiger partial charge in [-0.1, -0.05) is 0 Å². The van der Waals surface area contributed by atoms with Crippen LogP contribution in [-0.4, -0.2) is 67.1 Å². The average molecular weight is 542 g/mol. The first-order chi connectivity index (χ1) is 16.3. The summed E-state index contributed by atoms with van der Waals surface area (Å²) in [5.74, 6) is -3.48. The van der Waals surface area contributed by atoms with E-state index in [1.165, 1.54) is 0 Å². The van der Waals surface area contributed by atoms with Crippen molar-refractivity contribution in [3.8, 4) is 0 Å². The largest absolute Gasteiger partial charge is 0.463 e. The van der Waals surface area contributed by atoms with Gasteiger partial charge in [0.1, 0.15) is 11.2 Å². The van der Waals surface area contributed by atoms with E-state index in [0.29, 0.717) is 30.0 Å². The minimum atomic E-state index is -2.61. The van der Waals surface area contributed by atoms with E-state index < -0.39 is 17.8 Å². The van der Waals surface area contributed by atoms with E-state index in [-0.39, 0.29) is 55.3 Å². The third-order valence-corrected chi connectivity index (χ3v) is 8.66. The molecule has 2 heterocycles.